The van der Waals surface area contributed by atoms with Crippen LogP contribution in [0.4, 0.5) is 9.52 Å². The number of fused-ring (bicyclic) bond motifs is 1. The minimum Gasteiger partial charge on any atom is -0.494 e. The van der Waals surface area contributed by atoms with Crippen LogP contribution in [0.3, 0.4) is 0 Å². The second-order valence-corrected chi connectivity index (χ2v) is 6.80. The molecule has 1 amide bonds. The molecule has 0 aliphatic carbocycles. The number of aromatic amines is 1. The Bertz CT molecular complexity index is 1250. The van der Waals surface area contributed by atoms with Gasteiger partial charge in [0.15, 0.2) is 16.7 Å². The lowest BCUT2D eigenvalue weighted by atomic mass is 10.1. The number of nitrogens with one attached hydrogen (secondary N) is 2. The first-order valence-electron chi connectivity index (χ1n) is 8.28. The van der Waals surface area contributed by atoms with Crippen molar-refractivity contribution in [1.29, 1.82) is 0 Å². The number of para-hydroxylation sites is 1. The molecule has 0 aliphatic rings. The summed E-state index contributed by atoms with van der Waals surface area (Å²) < 4.78 is 18.8. The number of pyridine rings is 1. The second-order valence-electron chi connectivity index (χ2n) is 5.94. The SMILES string of the molecule is COc1ccc(-c2csc(NC(=O)c3cc4ccccc4[nH]c3=O)n2)cc1F. The monoisotopic (exact) mass is 395 g/mol. The van der Waals surface area contributed by atoms with Crippen LogP contribution in [0.25, 0.3) is 22.2 Å². The molecule has 0 bridgehead atoms. The average Bonchev–Trinajstić information content (AvgIpc) is 3.15. The Kier molecular flexibility index (Phi) is 4.62. The smallest absolute Gasteiger partial charge is 0.263 e. The van der Waals surface area contributed by atoms with Gasteiger partial charge in [-0.2, -0.15) is 0 Å². The summed E-state index contributed by atoms with van der Waals surface area (Å²) in [7, 11) is 1.39. The van der Waals surface area contributed by atoms with Gasteiger partial charge in [-0.15, -0.1) is 11.3 Å². The van der Waals surface area contributed by atoms with E-state index in [4.69, 9.17) is 4.74 Å². The van der Waals surface area contributed by atoms with Gasteiger partial charge in [-0.25, -0.2) is 9.37 Å². The van der Waals surface area contributed by atoms with Crippen molar-refractivity contribution in [2.24, 2.45) is 0 Å². The van der Waals surface area contributed by atoms with Crippen molar-refractivity contribution in [3.63, 3.8) is 0 Å². The topological polar surface area (TPSA) is 84.1 Å². The Balaban J connectivity index is 1.59. The number of nitrogens with zero attached hydrogens (tertiary/aromatic N) is 1. The fourth-order valence-electron chi connectivity index (χ4n) is 2.77. The number of amides is 1. The summed E-state index contributed by atoms with van der Waals surface area (Å²) in [5.74, 6) is -0.918. The van der Waals surface area contributed by atoms with E-state index in [0.717, 1.165) is 5.39 Å². The molecule has 2 heterocycles. The van der Waals surface area contributed by atoms with Crippen LogP contribution >= 0.6 is 11.3 Å². The molecule has 0 fully saturated rings. The van der Waals surface area contributed by atoms with Crippen LogP contribution in [0.2, 0.25) is 0 Å². The molecule has 28 heavy (non-hydrogen) atoms. The molecule has 0 aliphatic heterocycles. The van der Waals surface area contributed by atoms with Crippen molar-refractivity contribution < 1.29 is 13.9 Å². The van der Waals surface area contributed by atoms with Crippen LogP contribution in [-0.4, -0.2) is 23.0 Å². The second kappa shape index (κ2) is 7.24. The Labute approximate surface area is 162 Å². The lowest BCUT2D eigenvalue weighted by Crippen LogP contribution is -2.22. The number of halogens is 1. The van der Waals surface area contributed by atoms with Gasteiger partial charge in [0.1, 0.15) is 5.56 Å². The third kappa shape index (κ3) is 3.37. The van der Waals surface area contributed by atoms with Crippen LogP contribution < -0.4 is 15.6 Å². The van der Waals surface area contributed by atoms with Crippen molar-refractivity contribution in [2.75, 3.05) is 12.4 Å². The van der Waals surface area contributed by atoms with Crippen LogP contribution in [0.15, 0.2) is 58.7 Å². The maximum Gasteiger partial charge on any atom is 0.263 e. The molecule has 140 valence electrons. The van der Waals surface area contributed by atoms with E-state index < -0.39 is 17.3 Å². The van der Waals surface area contributed by atoms with E-state index in [0.29, 0.717) is 21.9 Å². The number of ether oxygens (including phenoxy) is 1. The first-order chi connectivity index (χ1) is 13.5. The van der Waals surface area contributed by atoms with Crippen molar-refractivity contribution in [2.45, 2.75) is 0 Å². The molecule has 4 rings (SSSR count). The standard InChI is InChI=1S/C20H14FN3O3S/c1-27-17-7-6-12(9-14(17)21)16-10-28-20(23-16)24-19(26)13-8-11-4-2-3-5-15(11)22-18(13)25/h2-10H,1H3,(H,22,25)(H,23,24,26). The van der Waals surface area contributed by atoms with Crippen molar-refractivity contribution >= 4 is 33.3 Å². The number of hydrogen-bond donors (Lipinski definition) is 2. The van der Waals surface area contributed by atoms with Crippen molar-refractivity contribution in [3.05, 3.63) is 75.6 Å². The molecular weight excluding hydrogens is 381 g/mol. The van der Waals surface area contributed by atoms with E-state index in [9.17, 15) is 14.0 Å². The molecule has 0 spiro atoms. The quantitative estimate of drug-likeness (QED) is 0.546. The van der Waals surface area contributed by atoms with Gasteiger partial charge < -0.3 is 9.72 Å². The lowest BCUT2D eigenvalue weighted by molar-refractivity contribution is 0.102. The lowest BCUT2D eigenvalue weighted by Gasteiger charge is -2.04. The largest absolute Gasteiger partial charge is 0.494 e. The summed E-state index contributed by atoms with van der Waals surface area (Å²) in [6.45, 7) is 0. The van der Waals surface area contributed by atoms with Gasteiger partial charge in [-0.1, -0.05) is 18.2 Å². The molecular formula is C20H14FN3O3S. The summed E-state index contributed by atoms with van der Waals surface area (Å²) in [4.78, 5) is 31.7. The van der Waals surface area contributed by atoms with Crippen LogP contribution in [0, 0.1) is 5.82 Å². The number of thiazole rings is 1. The Morgan fingerprint density at radius 2 is 2.04 bits per heavy atom. The Hall–Kier alpha value is -3.52. The van der Waals surface area contributed by atoms with Gasteiger partial charge in [0, 0.05) is 16.5 Å². The average molecular weight is 395 g/mol. The minimum absolute atomic E-state index is 0.00839. The maximum atomic E-state index is 13.9. The number of rotatable bonds is 4. The van der Waals surface area contributed by atoms with Crippen LogP contribution in [0.1, 0.15) is 10.4 Å². The van der Waals surface area contributed by atoms with Gasteiger partial charge in [-0.3, -0.25) is 14.9 Å². The van der Waals surface area contributed by atoms with E-state index in [1.807, 2.05) is 12.1 Å². The van der Waals surface area contributed by atoms with E-state index in [1.165, 1.54) is 36.6 Å². The van der Waals surface area contributed by atoms with Gasteiger partial charge in [0.05, 0.1) is 12.8 Å². The van der Waals surface area contributed by atoms with Crippen molar-refractivity contribution in [1.82, 2.24) is 9.97 Å². The van der Waals surface area contributed by atoms with E-state index in [1.54, 1.807) is 23.6 Å². The highest BCUT2D eigenvalue weighted by Gasteiger charge is 2.15. The number of anilines is 1. The number of benzene rings is 2. The molecule has 4 aromatic rings. The summed E-state index contributed by atoms with van der Waals surface area (Å²) in [6, 6.07) is 13.2. The predicted molar refractivity (Wildman–Crippen MR) is 107 cm³/mol. The highest BCUT2D eigenvalue weighted by Crippen LogP contribution is 2.28. The molecule has 0 unspecified atom stereocenters. The van der Waals surface area contributed by atoms with E-state index >= 15 is 0 Å². The summed E-state index contributed by atoms with van der Waals surface area (Å²) in [6.07, 6.45) is 0. The molecule has 0 saturated heterocycles. The first kappa shape index (κ1) is 17.9. The Morgan fingerprint density at radius 1 is 1.21 bits per heavy atom. The number of H-pyrrole nitrogens is 1. The normalized spacial score (nSPS) is 10.8. The molecule has 0 radical (unpaired) electrons. The maximum absolute atomic E-state index is 13.9. The zero-order valence-corrected chi connectivity index (χ0v) is 15.5. The third-order valence-corrected chi connectivity index (χ3v) is 4.93. The number of hydrogen-bond acceptors (Lipinski definition) is 5. The van der Waals surface area contributed by atoms with Gasteiger partial charge in [0.25, 0.3) is 11.5 Å². The minimum atomic E-state index is -0.561. The number of carbonyl (C=O) groups excluding carboxylic acids is 1. The highest BCUT2D eigenvalue weighted by molar-refractivity contribution is 7.14. The van der Waals surface area contributed by atoms with Crippen LogP contribution in [-0.2, 0) is 0 Å². The van der Waals surface area contributed by atoms with Gasteiger partial charge in [-0.05, 0) is 35.7 Å². The van der Waals surface area contributed by atoms with Crippen molar-refractivity contribution in [3.8, 4) is 17.0 Å². The van der Waals surface area contributed by atoms with Crippen LogP contribution in [0.5, 0.6) is 5.75 Å². The zero-order valence-electron chi connectivity index (χ0n) is 14.7. The summed E-state index contributed by atoms with van der Waals surface area (Å²) >= 11 is 1.18. The number of methoxy groups -OCH3 is 1. The molecule has 2 N–H and O–H groups in total. The summed E-state index contributed by atoms with van der Waals surface area (Å²) in [5.41, 5.74) is 1.23. The third-order valence-electron chi connectivity index (χ3n) is 4.17. The predicted octanol–water partition coefficient (Wildman–Crippen LogP) is 4.05. The molecule has 8 heteroatoms. The zero-order chi connectivity index (χ0) is 19.7. The molecule has 2 aromatic carbocycles. The molecule has 0 saturated carbocycles. The van der Waals surface area contributed by atoms with Gasteiger partial charge >= 0.3 is 0 Å². The fraction of sp³-hybridized carbons (Fsp3) is 0.0500. The Morgan fingerprint density at radius 3 is 2.82 bits per heavy atom. The highest BCUT2D eigenvalue weighted by atomic mass is 32.1. The van der Waals surface area contributed by atoms with E-state index in [-0.39, 0.29) is 11.3 Å². The molecule has 6 nitrogen and oxygen atoms in total. The number of carbonyl (C=O) groups is 1. The number of aromatic nitrogens is 2. The molecule has 2 aromatic heterocycles. The molecule has 0 atom stereocenters. The first-order valence-corrected chi connectivity index (χ1v) is 9.16. The van der Waals surface area contributed by atoms with Gasteiger partial charge in [0.2, 0.25) is 0 Å². The van der Waals surface area contributed by atoms with E-state index in [2.05, 4.69) is 15.3 Å². The fourth-order valence-corrected chi connectivity index (χ4v) is 3.48. The summed E-state index contributed by atoms with van der Waals surface area (Å²) in [5, 5.41) is 5.38.